The van der Waals surface area contributed by atoms with Gasteiger partial charge in [-0.15, -0.1) is 0 Å². The molecule has 1 aliphatic carbocycles. The second kappa shape index (κ2) is 12.0. The van der Waals surface area contributed by atoms with Gasteiger partial charge in [0.15, 0.2) is 17.3 Å². The van der Waals surface area contributed by atoms with Crippen molar-refractivity contribution in [3.05, 3.63) is 78.4 Å². The second-order valence-electron chi connectivity index (χ2n) is 8.27. The van der Waals surface area contributed by atoms with E-state index in [0.29, 0.717) is 12.3 Å². The van der Waals surface area contributed by atoms with Crippen LogP contribution >= 0.6 is 0 Å². The van der Waals surface area contributed by atoms with Gasteiger partial charge in [0.1, 0.15) is 5.75 Å². The molecule has 0 heterocycles. The Kier molecular flexibility index (Phi) is 9.39. The monoisotopic (exact) mass is 438 g/mol. The molecule has 0 N–H and O–H groups in total. The number of hydrogen-bond acceptors (Lipinski definition) is 4. The lowest BCUT2D eigenvalue weighted by molar-refractivity contribution is -0.135. The Morgan fingerprint density at radius 3 is 2.34 bits per heavy atom. The highest BCUT2D eigenvalue weighted by Crippen LogP contribution is 2.39. The molecule has 0 bridgehead atoms. The minimum Gasteiger partial charge on any atom is -0.497 e. The number of halogens is 1. The predicted octanol–water partition coefficient (Wildman–Crippen LogP) is 6.49. The summed E-state index contributed by atoms with van der Waals surface area (Å²) in [6, 6.07) is 14.3. The molecule has 1 atom stereocenters. The maximum atomic E-state index is 12.7. The largest absolute Gasteiger partial charge is 0.497 e. The number of ketones is 2. The highest BCUT2D eigenvalue weighted by molar-refractivity contribution is 6.15. The van der Waals surface area contributed by atoms with Crippen LogP contribution in [0.25, 0.3) is 6.08 Å². The molecule has 1 aliphatic rings. The molecule has 32 heavy (non-hydrogen) atoms. The van der Waals surface area contributed by atoms with Crippen LogP contribution in [0, 0.1) is 18.3 Å². The number of benzene rings is 2. The van der Waals surface area contributed by atoms with Gasteiger partial charge in [0.2, 0.25) is 0 Å². The van der Waals surface area contributed by atoms with Gasteiger partial charge in [0, 0.05) is 4.53 Å². The van der Waals surface area contributed by atoms with Crippen LogP contribution in [0.15, 0.2) is 67.3 Å². The van der Waals surface area contributed by atoms with Crippen molar-refractivity contribution >= 4 is 17.6 Å². The highest BCUT2D eigenvalue weighted by atomic mass is 19.3. The first-order chi connectivity index (χ1) is 15.3. The summed E-state index contributed by atoms with van der Waals surface area (Å²) in [6.07, 6.45) is 8.53. The fourth-order valence-corrected chi connectivity index (χ4v) is 3.59. The van der Waals surface area contributed by atoms with Gasteiger partial charge < -0.3 is 4.74 Å². The number of allylic oxidation sites excluding steroid dienone is 2. The molecule has 4 nitrogen and oxygen atoms in total. The van der Waals surface area contributed by atoms with E-state index in [1.807, 2.05) is 37.3 Å². The Bertz CT molecular complexity index is 962. The van der Waals surface area contributed by atoms with E-state index in [-0.39, 0.29) is 17.3 Å². The molecule has 2 aromatic rings. The number of methoxy groups -OCH3 is 1. The molecule has 0 saturated heterocycles. The van der Waals surface area contributed by atoms with Gasteiger partial charge in [0.05, 0.1) is 12.5 Å². The van der Waals surface area contributed by atoms with Crippen LogP contribution < -0.4 is 9.68 Å². The Balaban J connectivity index is 0.000000336. The zero-order valence-electron chi connectivity index (χ0n) is 19.0. The summed E-state index contributed by atoms with van der Waals surface area (Å²) in [5.74, 6) is 1.12. The number of aryl methyl sites for hydroxylation is 1. The van der Waals surface area contributed by atoms with Gasteiger partial charge in [-0.25, -0.2) is 0 Å². The Hall–Kier alpha value is -3.21. The van der Waals surface area contributed by atoms with Crippen LogP contribution in [-0.4, -0.2) is 18.7 Å². The topological polar surface area (TPSA) is 52.6 Å². The molecule has 0 aromatic heterocycles. The summed E-state index contributed by atoms with van der Waals surface area (Å²) in [7, 11) is 1.60. The zero-order chi connectivity index (χ0) is 23.6. The lowest BCUT2D eigenvalue weighted by Gasteiger charge is -2.33. The second-order valence-corrected chi connectivity index (χ2v) is 8.27. The van der Waals surface area contributed by atoms with Crippen molar-refractivity contribution in [3.8, 4) is 11.5 Å². The van der Waals surface area contributed by atoms with E-state index in [2.05, 4.69) is 11.5 Å². The Morgan fingerprint density at radius 2 is 1.81 bits per heavy atom. The summed E-state index contributed by atoms with van der Waals surface area (Å²) in [5.41, 5.74) is 0.863. The SMILES string of the molecule is C=CC(=O)C(C)(CC1CCC1)C(=O)/C=C/c1cccc(OC)c1.Cc1cccc(OF)c1. The quantitative estimate of drug-likeness (QED) is 0.332. The fourth-order valence-electron chi connectivity index (χ4n) is 3.59. The van der Waals surface area contributed by atoms with E-state index in [9.17, 15) is 14.1 Å². The van der Waals surface area contributed by atoms with Crippen molar-refractivity contribution in [2.45, 2.75) is 39.5 Å². The molecule has 0 spiro atoms. The van der Waals surface area contributed by atoms with Gasteiger partial charge in [0.25, 0.3) is 0 Å². The fraction of sp³-hybridized carbons (Fsp3) is 0.333. The number of hydrogen-bond donors (Lipinski definition) is 0. The summed E-state index contributed by atoms with van der Waals surface area (Å²) < 4.78 is 16.6. The number of carbonyl (C=O) groups is 2. The summed E-state index contributed by atoms with van der Waals surface area (Å²) in [6.45, 7) is 7.18. The molecule has 1 fully saturated rings. The van der Waals surface area contributed by atoms with Crippen LogP contribution in [-0.2, 0) is 9.59 Å². The third-order valence-electron chi connectivity index (χ3n) is 5.79. The minimum absolute atomic E-state index is 0.155. The molecule has 170 valence electrons. The summed E-state index contributed by atoms with van der Waals surface area (Å²) in [5, 5.41) is 0. The number of rotatable bonds is 9. The normalized spacial score (nSPS) is 15.0. The van der Waals surface area contributed by atoms with Gasteiger partial charge in [-0.05, 0) is 73.7 Å². The first-order valence-corrected chi connectivity index (χ1v) is 10.7. The molecule has 0 radical (unpaired) electrons. The van der Waals surface area contributed by atoms with Gasteiger partial charge >= 0.3 is 0 Å². The minimum atomic E-state index is -0.998. The molecule has 0 amide bonds. The maximum absolute atomic E-state index is 12.7. The molecule has 5 heteroatoms. The lowest BCUT2D eigenvalue weighted by atomic mass is 9.68. The first-order valence-electron chi connectivity index (χ1n) is 10.7. The Labute approximate surface area is 189 Å². The molecular weight excluding hydrogens is 407 g/mol. The maximum Gasteiger partial charge on any atom is 0.172 e. The van der Waals surface area contributed by atoms with Crippen molar-refractivity contribution in [2.24, 2.45) is 11.3 Å². The molecule has 1 saturated carbocycles. The third kappa shape index (κ3) is 6.91. The van der Waals surface area contributed by atoms with Gasteiger partial charge in [-0.2, -0.15) is 0 Å². The number of carbonyl (C=O) groups excluding carboxylic acids is 2. The molecule has 1 unspecified atom stereocenters. The molecular formula is C27H31FO4. The first kappa shape index (κ1) is 25.1. The van der Waals surface area contributed by atoms with Crippen molar-refractivity contribution in [1.29, 1.82) is 0 Å². The zero-order valence-corrected chi connectivity index (χ0v) is 19.0. The molecule has 2 aromatic carbocycles. The third-order valence-corrected chi connectivity index (χ3v) is 5.79. The van der Waals surface area contributed by atoms with Crippen LogP contribution in [0.1, 0.15) is 43.7 Å². The van der Waals surface area contributed by atoms with Crippen LogP contribution in [0.4, 0.5) is 4.53 Å². The summed E-state index contributed by atoms with van der Waals surface area (Å²) >= 11 is 0. The smallest absolute Gasteiger partial charge is 0.172 e. The van der Waals surface area contributed by atoms with Crippen LogP contribution in [0.5, 0.6) is 11.5 Å². The average molecular weight is 439 g/mol. The van der Waals surface area contributed by atoms with Crippen molar-refractivity contribution in [2.75, 3.05) is 7.11 Å². The summed E-state index contributed by atoms with van der Waals surface area (Å²) in [4.78, 5) is 28.4. The molecule has 0 aliphatic heterocycles. The van der Waals surface area contributed by atoms with Crippen LogP contribution in [0.3, 0.4) is 0 Å². The average Bonchev–Trinajstić information content (AvgIpc) is 2.79. The predicted molar refractivity (Wildman–Crippen MR) is 125 cm³/mol. The van der Waals surface area contributed by atoms with Gasteiger partial charge in [-0.3, -0.25) is 14.5 Å². The van der Waals surface area contributed by atoms with Crippen molar-refractivity contribution < 1.29 is 23.8 Å². The number of ether oxygens (including phenoxy) is 1. The lowest BCUT2D eigenvalue weighted by Crippen LogP contribution is -2.37. The van der Waals surface area contributed by atoms with E-state index in [0.717, 1.165) is 29.7 Å². The highest BCUT2D eigenvalue weighted by Gasteiger charge is 2.40. The van der Waals surface area contributed by atoms with E-state index < -0.39 is 5.41 Å². The van der Waals surface area contributed by atoms with E-state index in [4.69, 9.17) is 4.74 Å². The van der Waals surface area contributed by atoms with E-state index in [1.165, 1.54) is 18.6 Å². The van der Waals surface area contributed by atoms with Crippen molar-refractivity contribution in [1.82, 2.24) is 0 Å². The van der Waals surface area contributed by atoms with Crippen LogP contribution in [0.2, 0.25) is 0 Å². The van der Waals surface area contributed by atoms with E-state index in [1.54, 1.807) is 38.3 Å². The Morgan fingerprint density at radius 1 is 1.12 bits per heavy atom. The standard InChI is InChI=1S/C20H24O3.C7H7FO/c1-4-18(21)20(2,14-16-8-5-9-16)19(22)12-11-15-7-6-10-17(13-15)23-3;1-6-3-2-4-7(5-6)9-8/h4,6-7,10-13,16H,1,5,8-9,14H2,2-3H3;2-5H,1H3/b12-11+;. The van der Waals surface area contributed by atoms with Gasteiger partial charge in [-0.1, -0.05) is 56.2 Å². The van der Waals surface area contributed by atoms with E-state index >= 15 is 0 Å². The molecule has 3 rings (SSSR count). The van der Waals surface area contributed by atoms with Crippen molar-refractivity contribution in [3.63, 3.8) is 0 Å².